The minimum Gasteiger partial charge on any atom is -0.358 e. The van der Waals surface area contributed by atoms with Gasteiger partial charge in [-0.2, -0.15) is 9.48 Å². The molecule has 8 heteroatoms. The monoisotopic (exact) mass is 295 g/mol. The third kappa shape index (κ3) is 2.38. The minimum atomic E-state index is -0.609. The Kier molecular flexibility index (Phi) is 4.03. The quantitative estimate of drug-likeness (QED) is 0.724. The smallest absolute Gasteiger partial charge is 0.358 e. The molecule has 0 saturated heterocycles. The van der Waals surface area contributed by atoms with Crippen LogP contribution >= 0.6 is 11.8 Å². The summed E-state index contributed by atoms with van der Waals surface area (Å²) in [5, 5.41) is 2.53. The first-order chi connectivity index (χ1) is 9.47. The van der Waals surface area contributed by atoms with Gasteiger partial charge in [-0.15, -0.1) is 16.8 Å². The summed E-state index contributed by atoms with van der Waals surface area (Å²) in [4.78, 5) is 41.4. The van der Waals surface area contributed by atoms with Gasteiger partial charge in [0, 0.05) is 12.0 Å². The van der Waals surface area contributed by atoms with Crippen LogP contribution in [-0.2, 0) is 9.59 Å². The molecule has 0 aromatic carbocycles. The predicted octanol–water partition coefficient (Wildman–Crippen LogP) is -0.317. The largest absolute Gasteiger partial charge is 0.445 e. The molecular weight excluding hydrogens is 280 g/mol. The van der Waals surface area contributed by atoms with Gasteiger partial charge in [-0.25, -0.2) is 4.79 Å². The molecule has 0 radical (unpaired) electrons. The Balaban J connectivity index is 2.31. The highest BCUT2D eigenvalue weighted by molar-refractivity contribution is 8.03. The van der Waals surface area contributed by atoms with E-state index in [1.165, 1.54) is 23.4 Å². The lowest BCUT2D eigenvalue weighted by atomic mass is 10.0. The Hall–Kier alpha value is -1.96. The van der Waals surface area contributed by atoms with E-state index in [9.17, 15) is 14.4 Å². The van der Waals surface area contributed by atoms with E-state index in [-0.39, 0.29) is 17.6 Å². The number of allylic oxidation sites excluding steroid dienone is 1. The SMILES string of the molecule is CNC(=O)CSC1=CC=NC2=[N+](C)C(=O)N(C)C(=O)C12. The Bertz CT molecular complexity index is 579. The van der Waals surface area contributed by atoms with Gasteiger partial charge < -0.3 is 5.32 Å². The summed E-state index contributed by atoms with van der Waals surface area (Å²) in [5.41, 5.74) is 0. The van der Waals surface area contributed by atoms with Crippen LogP contribution < -0.4 is 5.32 Å². The van der Waals surface area contributed by atoms with Crippen LogP contribution in [0.2, 0.25) is 0 Å². The van der Waals surface area contributed by atoms with Crippen LogP contribution in [0.5, 0.6) is 0 Å². The summed E-state index contributed by atoms with van der Waals surface area (Å²) in [6.07, 6.45) is 3.25. The maximum atomic E-state index is 12.3. The number of hydrogen-bond donors (Lipinski definition) is 1. The lowest BCUT2D eigenvalue weighted by Gasteiger charge is -2.26. The van der Waals surface area contributed by atoms with E-state index in [2.05, 4.69) is 10.3 Å². The van der Waals surface area contributed by atoms with Crippen molar-refractivity contribution in [3.05, 3.63) is 11.0 Å². The summed E-state index contributed by atoms with van der Waals surface area (Å²) in [5.74, 6) is -0.437. The summed E-state index contributed by atoms with van der Waals surface area (Å²) in [6.45, 7) is 0. The number of nitrogens with zero attached hydrogens (tertiary/aromatic N) is 3. The molecule has 2 aliphatic rings. The zero-order chi connectivity index (χ0) is 14.9. The number of amides is 4. The van der Waals surface area contributed by atoms with E-state index in [4.69, 9.17) is 0 Å². The zero-order valence-electron chi connectivity index (χ0n) is 11.4. The van der Waals surface area contributed by atoms with E-state index in [1.54, 1.807) is 26.4 Å². The highest BCUT2D eigenvalue weighted by atomic mass is 32.2. The van der Waals surface area contributed by atoms with Crippen molar-refractivity contribution in [2.24, 2.45) is 10.9 Å². The van der Waals surface area contributed by atoms with Gasteiger partial charge in [0.25, 0.3) is 5.84 Å². The second kappa shape index (κ2) is 5.58. The average Bonchev–Trinajstić information content (AvgIpc) is 2.47. The van der Waals surface area contributed by atoms with Crippen LogP contribution in [0.3, 0.4) is 0 Å². The average molecular weight is 295 g/mol. The molecule has 0 aliphatic carbocycles. The van der Waals surface area contributed by atoms with Crippen LogP contribution in [0.4, 0.5) is 4.79 Å². The van der Waals surface area contributed by atoms with E-state index in [1.807, 2.05) is 0 Å². The molecular formula is C12H15N4O3S+. The zero-order valence-corrected chi connectivity index (χ0v) is 12.2. The fraction of sp³-hybridized carbons (Fsp3) is 0.417. The number of dihydropyridines is 1. The molecule has 1 N–H and O–H groups in total. The minimum absolute atomic E-state index is 0.124. The highest BCUT2D eigenvalue weighted by Crippen LogP contribution is 2.31. The second-order valence-corrected chi connectivity index (χ2v) is 5.39. The van der Waals surface area contributed by atoms with Crippen molar-refractivity contribution in [2.75, 3.05) is 26.9 Å². The third-order valence-corrected chi connectivity index (χ3v) is 4.24. The van der Waals surface area contributed by atoms with Gasteiger partial charge in [0.2, 0.25) is 5.91 Å². The number of amidine groups is 1. The standard InChI is InChI=1S/C12H14N4O3S/c1-13-8(17)6-20-7-4-5-14-10-9(7)11(18)16(3)12(19)15(10)2/h4-5,9H,6H2,1-3H3/p+1. The van der Waals surface area contributed by atoms with Gasteiger partial charge in [0.05, 0.1) is 19.8 Å². The number of carbonyl (C=O) groups is 3. The molecule has 1 unspecified atom stereocenters. The van der Waals surface area contributed by atoms with Crippen molar-refractivity contribution in [3.63, 3.8) is 0 Å². The fourth-order valence-electron chi connectivity index (χ4n) is 1.96. The number of rotatable bonds is 3. The van der Waals surface area contributed by atoms with Crippen LogP contribution in [0.1, 0.15) is 0 Å². The molecule has 2 rings (SSSR count). The number of urea groups is 1. The van der Waals surface area contributed by atoms with Gasteiger partial charge >= 0.3 is 11.9 Å². The summed E-state index contributed by atoms with van der Waals surface area (Å²) >= 11 is 1.28. The molecule has 4 amide bonds. The van der Waals surface area contributed by atoms with Crippen molar-refractivity contribution in [1.29, 1.82) is 0 Å². The van der Waals surface area contributed by atoms with E-state index in [0.29, 0.717) is 5.84 Å². The molecule has 0 bridgehead atoms. The first-order valence-corrected chi connectivity index (χ1v) is 6.95. The molecule has 0 aromatic rings. The van der Waals surface area contributed by atoms with Crippen LogP contribution in [-0.4, -0.2) is 66.3 Å². The highest BCUT2D eigenvalue weighted by Gasteiger charge is 2.46. The lowest BCUT2D eigenvalue weighted by Crippen LogP contribution is -2.52. The van der Waals surface area contributed by atoms with Gasteiger partial charge in [0.1, 0.15) is 6.21 Å². The second-order valence-electron chi connectivity index (χ2n) is 4.34. The molecule has 106 valence electrons. The maximum Gasteiger partial charge on any atom is 0.445 e. The number of nitrogens with one attached hydrogen (secondary N) is 1. The molecule has 7 nitrogen and oxygen atoms in total. The molecule has 0 fully saturated rings. The van der Waals surface area contributed by atoms with Crippen LogP contribution in [0.15, 0.2) is 16.0 Å². The maximum absolute atomic E-state index is 12.3. The van der Waals surface area contributed by atoms with Gasteiger partial charge in [0.15, 0.2) is 5.92 Å². The summed E-state index contributed by atoms with van der Waals surface area (Å²) < 4.78 is 1.36. The predicted molar refractivity (Wildman–Crippen MR) is 75.9 cm³/mol. The number of thioether (sulfide) groups is 1. The lowest BCUT2D eigenvalue weighted by molar-refractivity contribution is -0.407. The molecule has 0 saturated carbocycles. The Morgan fingerprint density at radius 2 is 2.25 bits per heavy atom. The van der Waals surface area contributed by atoms with Gasteiger partial charge in [-0.05, 0) is 6.08 Å². The summed E-state index contributed by atoms with van der Waals surface area (Å²) in [7, 11) is 4.58. The van der Waals surface area contributed by atoms with Crippen molar-refractivity contribution >= 4 is 41.7 Å². The van der Waals surface area contributed by atoms with Gasteiger partial charge in [-0.3, -0.25) is 9.59 Å². The molecule has 2 aliphatic heterocycles. The number of hydrogen-bond acceptors (Lipinski definition) is 5. The molecule has 0 spiro atoms. The van der Waals surface area contributed by atoms with Crippen molar-refractivity contribution < 1.29 is 19.0 Å². The third-order valence-electron chi connectivity index (χ3n) is 3.13. The number of aliphatic imine (C=N–C) groups is 1. The molecule has 2 heterocycles. The van der Waals surface area contributed by atoms with Gasteiger partial charge in [-0.1, -0.05) is 0 Å². The number of fused-ring (bicyclic) bond motifs is 1. The Morgan fingerprint density at radius 3 is 2.90 bits per heavy atom. The number of carbonyl (C=O) groups excluding carboxylic acids is 3. The van der Waals surface area contributed by atoms with Crippen molar-refractivity contribution in [1.82, 2.24) is 10.2 Å². The normalized spacial score (nSPS) is 21.9. The number of imide groups is 1. The van der Waals surface area contributed by atoms with E-state index in [0.717, 1.165) is 9.81 Å². The first kappa shape index (κ1) is 14.4. The topological polar surface area (TPSA) is 81.8 Å². The van der Waals surface area contributed by atoms with Crippen molar-refractivity contribution in [3.8, 4) is 0 Å². The molecule has 0 aromatic heterocycles. The van der Waals surface area contributed by atoms with E-state index < -0.39 is 11.9 Å². The van der Waals surface area contributed by atoms with Crippen LogP contribution in [0, 0.1) is 5.92 Å². The van der Waals surface area contributed by atoms with Crippen molar-refractivity contribution in [2.45, 2.75) is 0 Å². The Morgan fingerprint density at radius 1 is 1.55 bits per heavy atom. The van der Waals surface area contributed by atoms with Crippen LogP contribution in [0.25, 0.3) is 0 Å². The molecule has 20 heavy (non-hydrogen) atoms. The fourth-order valence-corrected chi connectivity index (χ4v) is 2.93. The summed E-state index contributed by atoms with van der Waals surface area (Å²) in [6, 6.07) is -0.407. The first-order valence-electron chi connectivity index (χ1n) is 5.97. The molecule has 1 atom stereocenters. The Labute approximate surface area is 120 Å². The van der Waals surface area contributed by atoms with E-state index >= 15 is 0 Å².